The Labute approximate surface area is 148 Å². The highest BCUT2D eigenvalue weighted by Crippen LogP contribution is 2.23. The third-order valence-electron chi connectivity index (χ3n) is 4.41. The Morgan fingerprint density at radius 2 is 2.00 bits per heavy atom. The van der Waals surface area contributed by atoms with Crippen LogP contribution in [0, 0.1) is 5.92 Å². The molecule has 1 amide bonds. The van der Waals surface area contributed by atoms with Crippen LogP contribution in [0.1, 0.15) is 45.1 Å². The summed E-state index contributed by atoms with van der Waals surface area (Å²) in [4.78, 5) is 24.1. The summed E-state index contributed by atoms with van der Waals surface area (Å²) >= 11 is 6.02. The maximum Gasteiger partial charge on any atom is 0.331 e. The lowest BCUT2D eigenvalue weighted by atomic mass is 9.86. The second-order valence-electron chi connectivity index (χ2n) is 6.31. The van der Waals surface area contributed by atoms with Gasteiger partial charge in [-0.2, -0.15) is 0 Å². The van der Waals surface area contributed by atoms with Crippen LogP contribution in [0.15, 0.2) is 30.3 Å². The normalized spacial score (nSPS) is 22.1. The number of ether oxygens (including phenoxy) is 1. The van der Waals surface area contributed by atoms with E-state index in [4.69, 9.17) is 16.3 Å². The van der Waals surface area contributed by atoms with Gasteiger partial charge in [0.05, 0.1) is 0 Å². The smallest absolute Gasteiger partial charge is 0.331 e. The van der Waals surface area contributed by atoms with Crippen LogP contribution in [0.4, 0.5) is 0 Å². The maximum atomic E-state index is 12.2. The van der Waals surface area contributed by atoms with Crippen molar-refractivity contribution in [3.8, 4) is 0 Å². The molecule has 130 valence electrons. The molecule has 1 aliphatic carbocycles. The lowest BCUT2D eigenvalue weighted by molar-refractivity contribution is -0.150. The standard InChI is InChI=1S/C19H24ClNO3/c1-13-7-3-6-10-17(13)21-19(23)14(2)24-18(22)12-11-15-8-4-5-9-16(15)20/h4-5,8-9,11-14,17H,3,6-7,10H2,1-2H3,(H,21,23)/b12-11+/t13-,14+,17+/m0/s1. The molecule has 2 rings (SSSR count). The zero-order chi connectivity index (χ0) is 17.5. The molecule has 0 heterocycles. The van der Waals surface area contributed by atoms with E-state index in [1.807, 2.05) is 12.1 Å². The highest BCUT2D eigenvalue weighted by Gasteiger charge is 2.25. The first-order chi connectivity index (χ1) is 11.5. The second kappa shape index (κ2) is 8.88. The van der Waals surface area contributed by atoms with Crippen molar-refractivity contribution in [2.45, 2.75) is 51.7 Å². The lowest BCUT2D eigenvalue weighted by Gasteiger charge is -2.30. The minimum Gasteiger partial charge on any atom is -0.449 e. The predicted molar refractivity (Wildman–Crippen MR) is 95.6 cm³/mol. The lowest BCUT2D eigenvalue weighted by Crippen LogP contribution is -2.45. The van der Waals surface area contributed by atoms with Gasteiger partial charge in [0, 0.05) is 17.1 Å². The number of nitrogens with one attached hydrogen (secondary N) is 1. The summed E-state index contributed by atoms with van der Waals surface area (Å²) in [6, 6.07) is 7.36. The van der Waals surface area contributed by atoms with E-state index in [-0.39, 0.29) is 11.9 Å². The molecule has 0 spiro atoms. The van der Waals surface area contributed by atoms with Gasteiger partial charge in [0.2, 0.25) is 0 Å². The molecule has 24 heavy (non-hydrogen) atoms. The fourth-order valence-electron chi connectivity index (χ4n) is 2.87. The topological polar surface area (TPSA) is 55.4 Å². The van der Waals surface area contributed by atoms with Crippen molar-refractivity contribution >= 4 is 29.6 Å². The summed E-state index contributed by atoms with van der Waals surface area (Å²) in [5.41, 5.74) is 0.726. The Kier molecular flexibility index (Phi) is 6.85. The van der Waals surface area contributed by atoms with Crippen molar-refractivity contribution in [3.05, 3.63) is 40.9 Å². The zero-order valence-electron chi connectivity index (χ0n) is 14.1. The van der Waals surface area contributed by atoms with Gasteiger partial charge in [0.1, 0.15) is 0 Å². The quantitative estimate of drug-likeness (QED) is 0.646. The fraction of sp³-hybridized carbons (Fsp3) is 0.474. The molecule has 0 aliphatic heterocycles. The van der Waals surface area contributed by atoms with E-state index in [1.54, 1.807) is 25.1 Å². The Hall–Kier alpha value is -1.81. The summed E-state index contributed by atoms with van der Waals surface area (Å²) in [6.07, 6.45) is 6.50. The van der Waals surface area contributed by atoms with Crippen molar-refractivity contribution in [2.75, 3.05) is 0 Å². The van der Waals surface area contributed by atoms with Gasteiger partial charge in [-0.15, -0.1) is 0 Å². The number of carbonyl (C=O) groups excluding carboxylic acids is 2. The zero-order valence-corrected chi connectivity index (χ0v) is 14.9. The fourth-order valence-corrected chi connectivity index (χ4v) is 3.06. The van der Waals surface area contributed by atoms with Crippen LogP contribution in [-0.2, 0) is 14.3 Å². The molecule has 1 aromatic carbocycles. The van der Waals surface area contributed by atoms with E-state index < -0.39 is 12.1 Å². The molecule has 5 heteroatoms. The average Bonchev–Trinajstić information content (AvgIpc) is 2.56. The highest BCUT2D eigenvalue weighted by molar-refractivity contribution is 6.32. The summed E-state index contributed by atoms with van der Waals surface area (Å²) in [5.74, 6) is -0.340. The SMILES string of the molecule is C[C@@H](OC(=O)/C=C/c1ccccc1Cl)C(=O)N[C@@H]1CCCC[C@@H]1C. The number of halogens is 1. The number of benzene rings is 1. The Balaban J connectivity index is 1.84. The van der Waals surface area contributed by atoms with E-state index in [1.165, 1.54) is 12.5 Å². The maximum absolute atomic E-state index is 12.2. The third-order valence-corrected chi connectivity index (χ3v) is 4.75. The molecule has 4 nitrogen and oxygen atoms in total. The van der Waals surface area contributed by atoms with Crippen LogP contribution >= 0.6 is 11.6 Å². The number of rotatable bonds is 5. The van der Waals surface area contributed by atoms with Gasteiger partial charge in [-0.25, -0.2) is 4.79 Å². The Morgan fingerprint density at radius 1 is 1.29 bits per heavy atom. The van der Waals surface area contributed by atoms with Gasteiger partial charge < -0.3 is 10.1 Å². The number of hydrogen-bond acceptors (Lipinski definition) is 3. The number of carbonyl (C=O) groups is 2. The molecule has 1 saturated carbocycles. The third kappa shape index (κ3) is 5.38. The molecule has 1 N–H and O–H groups in total. The molecular weight excluding hydrogens is 326 g/mol. The molecule has 0 radical (unpaired) electrons. The van der Waals surface area contributed by atoms with E-state index in [0.29, 0.717) is 10.9 Å². The van der Waals surface area contributed by atoms with Crippen LogP contribution in [0.2, 0.25) is 5.02 Å². The number of amides is 1. The molecular formula is C19H24ClNO3. The number of esters is 1. The average molecular weight is 350 g/mol. The van der Waals surface area contributed by atoms with Gasteiger partial charge in [-0.05, 0) is 43.4 Å². The second-order valence-corrected chi connectivity index (χ2v) is 6.72. The van der Waals surface area contributed by atoms with Crippen molar-refractivity contribution in [1.82, 2.24) is 5.32 Å². The number of hydrogen-bond donors (Lipinski definition) is 1. The molecule has 1 aliphatic rings. The van der Waals surface area contributed by atoms with Gasteiger partial charge in [-0.1, -0.05) is 49.6 Å². The molecule has 0 aromatic heterocycles. The van der Waals surface area contributed by atoms with Crippen molar-refractivity contribution in [3.63, 3.8) is 0 Å². The van der Waals surface area contributed by atoms with Gasteiger partial charge in [0.25, 0.3) is 5.91 Å². The minimum atomic E-state index is -0.817. The van der Waals surface area contributed by atoms with Gasteiger partial charge in [0.15, 0.2) is 6.10 Å². The molecule has 0 unspecified atom stereocenters. The first kappa shape index (κ1) is 18.5. The summed E-state index contributed by atoms with van der Waals surface area (Å²) < 4.78 is 5.17. The predicted octanol–water partition coefficient (Wildman–Crippen LogP) is 3.98. The Morgan fingerprint density at radius 3 is 2.71 bits per heavy atom. The first-order valence-electron chi connectivity index (χ1n) is 8.41. The van der Waals surface area contributed by atoms with Gasteiger partial charge >= 0.3 is 5.97 Å². The highest BCUT2D eigenvalue weighted by atomic mass is 35.5. The van der Waals surface area contributed by atoms with Crippen molar-refractivity contribution in [2.24, 2.45) is 5.92 Å². The van der Waals surface area contributed by atoms with Crippen LogP contribution in [0.5, 0.6) is 0 Å². The summed E-state index contributed by atoms with van der Waals surface area (Å²) in [7, 11) is 0. The van der Waals surface area contributed by atoms with Crippen LogP contribution in [0.3, 0.4) is 0 Å². The summed E-state index contributed by atoms with van der Waals surface area (Å²) in [5, 5.41) is 3.55. The van der Waals surface area contributed by atoms with Crippen LogP contribution in [-0.4, -0.2) is 24.0 Å². The molecule has 1 fully saturated rings. The molecule has 0 bridgehead atoms. The summed E-state index contributed by atoms with van der Waals surface area (Å²) in [6.45, 7) is 3.73. The van der Waals surface area contributed by atoms with Crippen molar-refractivity contribution in [1.29, 1.82) is 0 Å². The molecule has 3 atom stereocenters. The monoisotopic (exact) mass is 349 g/mol. The van der Waals surface area contributed by atoms with Crippen molar-refractivity contribution < 1.29 is 14.3 Å². The first-order valence-corrected chi connectivity index (χ1v) is 8.78. The molecule has 0 saturated heterocycles. The molecule has 1 aromatic rings. The van der Waals surface area contributed by atoms with Crippen LogP contribution < -0.4 is 5.32 Å². The minimum absolute atomic E-state index is 0.172. The Bertz CT molecular complexity index is 614. The van der Waals surface area contributed by atoms with E-state index in [2.05, 4.69) is 12.2 Å². The van der Waals surface area contributed by atoms with E-state index >= 15 is 0 Å². The van der Waals surface area contributed by atoms with E-state index in [9.17, 15) is 9.59 Å². The van der Waals surface area contributed by atoms with E-state index in [0.717, 1.165) is 24.8 Å². The van der Waals surface area contributed by atoms with Crippen LogP contribution in [0.25, 0.3) is 6.08 Å². The largest absolute Gasteiger partial charge is 0.449 e. The van der Waals surface area contributed by atoms with Gasteiger partial charge in [-0.3, -0.25) is 4.79 Å².